The summed E-state index contributed by atoms with van der Waals surface area (Å²) in [6, 6.07) is 71.4. The summed E-state index contributed by atoms with van der Waals surface area (Å²) >= 11 is 0. The van der Waals surface area contributed by atoms with E-state index in [1.165, 1.54) is 44.5 Å². The van der Waals surface area contributed by atoms with Crippen LogP contribution in [0.15, 0.2) is 200 Å². The maximum absolute atomic E-state index is 5.23. The van der Waals surface area contributed by atoms with Crippen LogP contribution in [-0.4, -0.2) is 15.0 Å². The highest BCUT2D eigenvalue weighted by atomic mass is 15.0. The Balaban J connectivity index is 1.11. The molecule has 0 radical (unpaired) electrons. The summed E-state index contributed by atoms with van der Waals surface area (Å²) in [4.78, 5) is 15.6. The molecule has 11 rings (SSSR count). The molecule has 0 aliphatic heterocycles. The zero-order chi connectivity index (χ0) is 36.3. The molecule has 1 heterocycles. The fourth-order valence-electron chi connectivity index (χ4n) is 8.94. The van der Waals surface area contributed by atoms with Crippen molar-refractivity contribution in [1.29, 1.82) is 0 Å². The molecule has 256 valence electrons. The third-order valence-electron chi connectivity index (χ3n) is 11.3. The molecule has 3 heteroatoms. The van der Waals surface area contributed by atoms with E-state index in [2.05, 4.69) is 188 Å². The van der Waals surface area contributed by atoms with E-state index in [9.17, 15) is 0 Å². The maximum atomic E-state index is 5.23. The molecule has 3 nitrogen and oxygen atoms in total. The normalized spacial score (nSPS) is 12.9. The topological polar surface area (TPSA) is 38.7 Å². The SMILES string of the molecule is c1ccc(-c2cccc(-c3nc(-c4cccc(-c5ccccc5)c4)nc(-c4ccc5c(c4)-c4ccccc4C54c5ccccc5-c5ccccc54)n3)c2)cc1. The molecule has 0 saturated carbocycles. The molecule has 1 aromatic heterocycles. The van der Waals surface area contributed by atoms with Gasteiger partial charge in [-0.05, 0) is 85.0 Å². The van der Waals surface area contributed by atoms with Crippen LogP contribution >= 0.6 is 0 Å². The molecule has 0 unspecified atom stereocenters. The third kappa shape index (κ3) is 4.87. The summed E-state index contributed by atoms with van der Waals surface area (Å²) in [6.07, 6.45) is 0. The van der Waals surface area contributed by atoms with Crippen LogP contribution in [0.4, 0.5) is 0 Å². The Morgan fingerprint density at radius 1 is 0.236 bits per heavy atom. The van der Waals surface area contributed by atoms with E-state index in [1.807, 2.05) is 12.1 Å². The van der Waals surface area contributed by atoms with Crippen molar-refractivity contribution in [1.82, 2.24) is 15.0 Å². The first-order valence-corrected chi connectivity index (χ1v) is 18.8. The van der Waals surface area contributed by atoms with Gasteiger partial charge in [0, 0.05) is 16.7 Å². The van der Waals surface area contributed by atoms with Gasteiger partial charge in [-0.15, -0.1) is 0 Å². The Morgan fingerprint density at radius 3 is 1.05 bits per heavy atom. The van der Waals surface area contributed by atoms with Crippen molar-refractivity contribution < 1.29 is 0 Å². The van der Waals surface area contributed by atoms with E-state index in [0.717, 1.165) is 38.9 Å². The Bertz CT molecular complexity index is 2780. The number of fused-ring (bicyclic) bond motifs is 10. The van der Waals surface area contributed by atoms with Crippen molar-refractivity contribution in [2.75, 3.05) is 0 Å². The predicted molar refractivity (Wildman–Crippen MR) is 223 cm³/mol. The lowest BCUT2D eigenvalue weighted by Crippen LogP contribution is -2.25. The van der Waals surface area contributed by atoms with Crippen LogP contribution < -0.4 is 0 Å². The molecule has 9 aromatic rings. The maximum Gasteiger partial charge on any atom is 0.164 e. The van der Waals surface area contributed by atoms with Gasteiger partial charge in [-0.2, -0.15) is 0 Å². The number of nitrogens with zero attached hydrogens (tertiary/aromatic N) is 3. The van der Waals surface area contributed by atoms with Crippen LogP contribution in [0.5, 0.6) is 0 Å². The number of rotatable bonds is 5. The van der Waals surface area contributed by atoms with Gasteiger partial charge in [0.05, 0.1) is 5.41 Å². The van der Waals surface area contributed by atoms with Crippen molar-refractivity contribution >= 4 is 0 Å². The number of hydrogen-bond acceptors (Lipinski definition) is 3. The Morgan fingerprint density at radius 2 is 0.582 bits per heavy atom. The van der Waals surface area contributed by atoms with Crippen LogP contribution in [0.3, 0.4) is 0 Å². The fourth-order valence-corrected chi connectivity index (χ4v) is 8.94. The Kier molecular flexibility index (Phi) is 7.08. The van der Waals surface area contributed by atoms with E-state index in [0.29, 0.717) is 17.5 Å². The van der Waals surface area contributed by atoms with E-state index in [-0.39, 0.29) is 0 Å². The van der Waals surface area contributed by atoms with Gasteiger partial charge in [-0.3, -0.25) is 0 Å². The predicted octanol–water partition coefficient (Wildman–Crippen LogP) is 12.6. The zero-order valence-corrected chi connectivity index (χ0v) is 29.9. The van der Waals surface area contributed by atoms with E-state index in [1.54, 1.807) is 0 Å². The van der Waals surface area contributed by atoms with Crippen molar-refractivity contribution in [3.05, 3.63) is 222 Å². The second-order valence-electron chi connectivity index (χ2n) is 14.3. The Labute approximate surface area is 320 Å². The van der Waals surface area contributed by atoms with Gasteiger partial charge in [0.25, 0.3) is 0 Å². The monoisotopic (exact) mass is 699 g/mol. The summed E-state index contributed by atoms with van der Waals surface area (Å²) in [5.74, 6) is 1.92. The van der Waals surface area contributed by atoms with Crippen LogP contribution in [-0.2, 0) is 5.41 Å². The molecule has 8 aromatic carbocycles. The highest BCUT2D eigenvalue weighted by Gasteiger charge is 2.51. The van der Waals surface area contributed by atoms with Crippen LogP contribution in [0.25, 0.3) is 78.7 Å². The van der Waals surface area contributed by atoms with Gasteiger partial charge in [-0.1, -0.05) is 182 Å². The van der Waals surface area contributed by atoms with Gasteiger partial charge in [0.1, 0.15) is 0 Å². The lowest BCUT2D eigenvalue weighted by atomic mass is 9.70. The van der Waals surface area contributed by atoms with Crippen molar-refractivity contribution in [2.45, 2.75) is 5.41 Å². The zero-order valence-electron chi connectivity index (χ0n) is 29.9. The van der Waals surface area contributed by atoms with Gasteiger partial charge < -0.3 is 0 Å². The minimum Gasteiger partial charge on any atom is -0.208 e. The standard InChI is InChI=1S/C52H33N3/c1-3-15-34(16-4-1)36-19-13-21-38(31-36)49-53-50(39-22-14-20-37(32-39)35-17-5-2-6-18-35)55-51(54-49)40-29-30-48-44(33-40)43-25-9-12-28-47(43)52(48)45-26-10-7-23-41(45)42-24-8-11-27-46(42)52/h1-33H. The van der Waals surface area contributed by atoms with Gasteiger partial charge in [0.15, 0.2) is 17.5 Å². The van der Waals surface area contributed by atoms with Crippen LogP contribution in [0.1, 0.15) is 22.3 Å². The van der Waals surface area contributed by atoms with Crippen molar-refractivity contribution in [2.24, 2.45) is 0 Å². The molecule has 0 atom stereocenters. The minimum atomic E-state index is -0.400. The molecule has 0 bridgehead atoms. The first-order valence-electron chi connectivity index (χ1n) is 18.8. The molecule has 0 N–H and O–H groups in total. The highest BCUT2D eigenvalue weighted by molar-refractivity contribution is 5.96. The second-order valence-corrected chi connectivity index (χ2v) is 14.3. The average molecular weight is 700 g/mol. The van der Waals surface area contributed by atoms with Gasteiger partial charge in [-0.25, -0.2) is 15.0 Å². The molecular weight excluding hydrogens is 667 g/mol. The quantitative estimate of drug-likeness (QED) is 0.179. The molecule has 0 amide bonds. The lowest BCUT2D eigenvalue weighted by Gasteiger charge is -2.30. The summed E-state index contributed by atoms with van der Waals surface area (Å²) in [7, 11) is 0. The Hall–Kier alpha value is -7.23. The van der Waals surface area contributed by atoms with Crippen molar-refractivity contribution in [3.8, 4) is 78.7 Å². The first-order chi connectivity index (χ1) is 27.3. The summed E-state index contributed by atoms with van der Waals surface area (Å²) in [5, 5.41) is 0. The minimum absolute atomic E-state index is 0.400. The molecule has 2 aliphatic carbocycles. The van der Waals surface area contributed by atoms with E-state index in [4.69, 9.17) is 15.0 Å². The molecular formula is C52H33N3. The highest BCUT2D eigenvalue weighted by Crippen LogP contribution is 2.62. The van der Waals surface area contributed by atoms with E-state index < -0.39 is 5.41 Å². The smallest absolute Gasteiger partial charge is 0.164 e. The van der Waals surface area contributed by atoms with Crippen LogP contribution in [0, 0.1) is 0 Å². The number of aromatic nitrogens is 3. The molecule has 0 saturated heterocycles. The fraction of sp³-hybridized carbons (Fsp3) is 0.0192. The molecule has 0 fully saturated rings. The van der Waals surface area contributed by atoms with E-state index >= 15 is 0 Å². The van der Waals surface area contributed by atoms with Gasteiger partial charge >= 0.3 is 0 Å². The summed E-state index contributed by atoms with van der Waals surface area (Å²) in [5.41, 5.74) is 17.3. The van der Waals surface area contributed by atoms with Gasteiger partial charge in [0.2, 0.25) is 0 Å². The largest absolute Gasteiger partial charge is 0.208 e. The lowest BCUT2D eigenvalue weighted by molar-refractivity contribution is 0.794. The second kappa shape index (κ2) is 12.4. The summed E-state index contributed by atoms with van der Waals surface area (Å²) < 4.78 is 0. The first kappa shape index (κ1) is 31.3. The molecule has 55 heavy (non-hydrogen) atoms. The van der Waals surface area contributed by atoms with Crippen molar-refractivity contribution in [3.63, 3.8) is 0 Å². The number of benzene rings is 8. The molecule has 2 aliphatic rings. The molecule has 1 spiro atoms. The number of hydrogen-bond donors (Lipinski definition) is 0. The summed E-state index contributed by atoms with van der Waals surface area (Å²) in [6.45, 7) is 0. The average Bonchev–Trinajstić information content (AvgIpc) is 3.74. The van der Waals surface area contributed by atoms with Crippen LogP contribution in [0.2, 0.25) is 0 Å². The third-order valence-corrected chi connectivity index (χ3v) is 11.3.